The van der Waals surface area contributed by atoms with Crippen LogP contribution >= 0.6 is 11.3 Å². The number of ether oxygens (including phenoxy) is 1. The molecule has 2 aromatic rings. The molecule has 0 atom stereocenters. The Morgan fingerprint density at radius 1 is 1.38 bits per heavy atom. The number of thiazole rings is 1. The Hall–Kier alpha value is -1.88. The summed E-state index contributed by atoms with van der Waals surface area (Å²) in [6.45, 7) is 6.37. The van der Waals surface area contributed by atoms with Crippen LogP contribution in [0, 0.1) is 13.8 Å². The van der Waals surface area contributed by atoms with Crippen LogP contribution < -0.4 is 5.32 Å². The minimum atomic E-state index is -0.172. The Bertz CT molecular complexity index is 622. The standard InChI is InChI=1S/C16H20N2O2S/c1-4-20-15(19)8-7-13-10-21-16(17-13)18-14-9-11(2)5-6-12(14)3/h5-6,9-10H,4,7-8H2,1-3H3,(H,17,18). The number of nitrogens with one attached hydrogen (secondary N) is 1. The number of hydrogen-bond donors (Lipinski definition) is 1. The highest BCUT2D eigenvalue weighted by Crippen LogP contribution is 2.24. The Kier molecular flexibility index (Phi) is 5.33. The lowest BCUT2D eigenvalue weighted by atomic mass is 10.1. The van der Waals surface area contributed by atoms with E-state index in [0.717, 1.165) is 16.5 Å². The number of anilines is 2. The summed E-state index contributed by atoms with van der Waals surface area (Å²) in [5.74, 6) is -0.172. The molecule has 112 valence electrons. The molecule has 0 radical (unpaired) electrons. The summed E-state index contributed by atoms with van der Waals surface area (Å²) in [4.78, 5) is 15.8. The average Bonchev–Trinajstić information content (AvgIpc) is 2.89. The molecular weight excluding hydrogens is 284 g/mol. The van der Waals surface area contributed by atoms with Crippen molar-refractivity contribution < 1.29 is 9.53 Å². The van der Waals surface area contributed by atoms with E-state index < -0.39 is 0 Å². The SMILES string of the molecule is CCOC(=O)CCc1csc(Nc2cc(C)ccc2C)n1. The second-order valence-electron chi connectivity index (χ2n) is 4.89. The minimum absolute atomic E-state index is 0.172. The van der Waals surface area contributed by atoms with Crippen molar-refractivity contribution in [3.8, 4) is 0 Å². The maximum atomic E-state index is 11.3. The third-order valence-electron chi connectivity index (χ3n) is 3.08. The minimum Gasteiger partial charge on any atom is -0.466 e. The quantitative estimate of drug-likeness (QED) is 0.820. The van der Waals surface area contributed by atoms with Gasteiger partial charge in [0, 0.05) is 17.5 Å². The van der Waals surface area contributed by atoms with Crippen LogP contribution in [0.2, 0.25) is 0 Å². The molecule has 1 N–H and O–H groups in total. The van der Waals surface area contributed by atoms with Gasteiger partial charge in [-0.15, -0.1) is 11.3 Å². The number of rotatable bonds is 6. The lowest BCUT2D eigenvalue weighted by Gasteiger charge is -2.07. The van der Waals surface area contributed by atoms with Gasteiger partial charge in [-0.2, -0.15) is 0 Å². The van der Waals surface area contributed by atoms with Crippen LogP contribution in [0.3, 0.4) is 0 Å². The second kappa shape index (κ2) is 7.22. The van der Waals surface area contributed by atoms with Crippen molar-refractivity contribution >= 4 is 28.1 Å². The van der Waals surface area contributed by atoms with E-state index in [1.165, 1.54) is 11.1 Å². The van der Waals surface area contributed by atoms with Crippen molar-refractivity contribution in [2.75, 3.05) is 11.9 Å². The molecule has 0 fully saturated rings. The summed E-state index contributed by atoms with van der Waals surface area (Å²) in [7, 11) is 0. The predicted octanol–water partition coefficient (Wildman–Crippen LogP) is 4.00. The maximum absolute atomic E-state index is 11.3. The van der Waals surface area contributed by atoms with Gasteiger partial charge in [0.1, 0.15) is 0 Å². The zero-order valence-corrected chi connectivity index (χ0v) is 13.4. The number of aryl methyl sites for hydroxylation is 3. The number of carbonyl (C=O) groups excluding carboxylic acids is 1. The highest BCUT2D eigenvalue weighted by Gasteiger charge is 2.07. The summed E-state index contributed by atoms with van der Waals surface area (Å²) in [6.07, 6.45) is 0.990. The van der Waals surface area contributed by atoms with Crippen LogP contribution in [0.5, 0.6) is 0 Å². The molecule has 4 nitrogen and oxygen atoms in total. The maximum Gasteiger partial charge on any atom is 0.306 e. The first kappa shape index (κ1) is 15.5. The highest BCUT2D eigenvalue weighted by atomic mass is 32.1. The Morgan fingerprint density at radius 2 is 2.19 bits per heavy atom. The molecule has 1 heterocycles. The molecule has 0 aliphatic rings. The van der Waals surface area contributed by atoms with Crippen LogP contribution in [-0.2, 0) is 16.0 Å². The van der Waals surface area contributed by atoms with E-state index in [9.17, 15) is 4.79 Å². The molecule has 0 saturated carbocycles. The summed E-state index contributed by atoms with van der Waals surface area (Å²) in [6, 6.07) is 6.29. The van der Waals surface area contributed by atoms with Gasteiger partial charge in [0.05, 0.1) is 18.7 Å². The number of nitrogens with zero attached hydrogens (tertiary/aromatic N) is 1. The second-order valence-corrected chi connectivity index (χ2v) is 5.75. The van der Waals surface area contributed by atoms with Crippen LogP contribution in [0.1, 0.15) is 30.2 Å². The van der Waals surface area contributed by atoms with Gasteiger partial charge in [0.25, 0.3) is 0 Å². The Morgan fingerprint density at radius 3 is 2.95 bits per heavy atom. The smallest absolute Gasteiger partial charge is 0.306 e. The highest BCUT2D eigenvalue weighted by molar-refractivity contribution is 7.13. The van der Waals surface area contributed by atoms with Gasteiger partial charge in [-0.05, 0) is 38.0 Å². The van der Waals surface area contributed by atoms with Gasteiger partial charge in [0.2, 0.25) is 0 Å². The number of esters is 1. The molecule has 1 aromatic carbocycles. The molecule has 0 saturated heterocycles. The molecule has 0 spiro atoms. The summed E-state index contributed by atoms with van der Waals surface area (Å²) in [5, 5.41) is 6.17. The van der Waals surface area contributed by atoms with Crippen molar-refractivity contribution in [1.29, 1.82) is 0 Å². The van der Waals surface area contributed by atoms with Gasteiger partial charge >= 0.3 is 5.97 Å². The molecule has 1 aromatic heterocycles. The third kappa shape index (κ3) is 4.56. The van der Waals surface area contributed by atoms with Crippen LogP contribution in [0.25, 0.3) is 0 Å². The van der Waals surface area contributed by atoms with E-state index in [4.69, 9.17) is 4.74 Å². The van der Waals surface area contributed by atoms with Crippen molar-refractivity contribution in [2.24, 2.45) is 0 Å². The first-order chi connectivity index (χ1) is 10.1. The number of carbonyl (C=O) groups is 1. The van der Waals surface area contributed by atoms with Gasteiger partial charge in [-0.3, -0.25) is 4.79 Å². The van der Waals surface area contributed by atoms with Crippen molar-refractivity contribution in [2.45, 2.75) is 33.6 Å². The van der Waals surface area contributed by atoms with Gasteiger partial charge < -0.3 is 10.1 Å². The molecule has 0 bridgehead atoms. The molecular formula is C16H20N2O2S. The normalized spacial score (nSPS) is 10.4. The predicted molar refractivity (Wildman–Crippen MR) is 86.3 cm³/mol. The molecule has 21 heavy (non-hydrogen) atoms. The van der Waals surface area contributed by atoms with Crippen molar-refractivity contribution in [3.05, 3.63) is 40.4 Å². The summed E-state index contributed by atoms with van der Waals surface area (Å²) >= 11 is 1.55. The average molecular weight is 304 g/mol. The summed E-state index contributed by atoms with van der Waals surface area (Å²) < 4.78 is 4.92. The lowest BCUT2D eigenvalue weighted by molar-refractivity contribution is -0.143. The fraction of sp³-hybridized carbons (Fsp3) is 0.375. The van der Waals surface area contributed by atoms with Crippen LogP contribution in [0.4, 0.5) is 10.8 Å². The Balaban J connectivity index is 1.97. The van der Waals surface area contributed by atoms with Gasteiger partial charge in [-0.1, -0.05) is 12.1 Å². The van der Waals surface area contributed by atoms with Gasteiger partial charge in [-0.25, -0.2) is 4.98 Å². The Labute approximate surface area is 129 Å². The molecule has 0 unspecified atom stereocenters. The zero-order chi connectivity index (χ0) is 15.2. The topological polar surface area (TPSA) is 51.2 Å². The van der Waals surface area contributed by atoms with E-state index in [0.29, 0.717) is 19.4 Å². The van der Waals surface area contributed by atoms with E-state index in [1.807, 2.05) is 12.3 Å². The fourth-order valence-electron chi connectivity index (χ4n) is 1.93. The first-order valence-electron chi connectivity index (χ1n) is 7.02. The van der Waals surface area contributed by atoms with E-state index in [-0.39, 0.29) is 5.97 Å². The monoisotopic (exact) mass is 304 g/mol. The van der Waals surface area contributed by atoms with Crippen LogP contribution in [0.15, 0.2) is 23.6 Å². The first-order valence-corrected chi connectivity index (χ1v) is 7.90. The molecule has 5 heteroatoms. The number of hydrogen-bond acceptors (Lipinski definition) is 5. The fourth-order valence-corrected chi connectivity index (χ4v) is 2.69. The van der Waals surface area contributed by atoms with Gasteiger partial charge in [0.15, 0.2) is 5.13 Å². The summed E-state index contributed by atoms with van der Waals surface area (Å²) in [5.41, 5.74) is 4.38. The largest absolute Gasteiger partial charge is 0.466 e. The third-order valence-corrected chi connectivity index (χ3v) is 3.88. The lowest BCUT2D eigenvalue weighted by Crippen LogP contribution is -2.05. The van der Waals surface area contributed by atoms with E-state index in [2.05, 4.69) is 42.3 Å². The molecule has 0 aliphatic carbocycles. The van der Waals surface area contributed by atoms with E-state index in [1.54, 1.807) is 11.3 Å². The van der Waals surface area contributed by atoms with Crippen molar-refractivity contribution in [3.63, 3.8) is 0 Å². The van der Waals surface area contributed by atoms with E-state index >= 15 is 0 Å². The molecule has 0 aliphatic heterocycles. The molecule has 0 amide bonds. The number of aromatic nitrogens is 1. The number of benzene rings is 1. The van der Waals surface area contributed by atoms with Crippen molar-refractivity contribution in [1.82, 2.24) is 4.98 Å². The zero-order valence-electron chi connectivity index (χ0n) is 12.6. The molecule has 2 rings (SSSR count). The van der Waals surface area contributed by atoms with Crippen LogP contribution in [-0.4, -0.2) is 17.6 Å².